The highest BCUT2D eigenvalue weighted by molar-refractivity contribution is 6.16. The number of nitrogens with zero attached hydrogens (tertiary/aromatic N) is 2. The van der Waals surface area contributed by atoms with E-state index in [4.69, 9.17) is 0 Å². The number of carbonyl (C=O) groups excluding carboxylic acids is 4. The monoisotopic (exact) mass is 383 g/mol. The van der Waals surface area contributed by atoms with E-state index in [2.05, 4.69) is 5.32 Å². The highest BCUT2D eigenvalue weighted by Crippen LogP contribution is 2.26. The van der Waals surface area contributed by atoms with Crippen molar-refractivity contribution < 1.29 is 23.6 Å². The Balaban J connectivity index is 1.73. The maximum absolute atomic E-state index is 13.1. The van der Waals surface area contributed by atoms with E-state index in [0.717, 1.165) is 4.90 Å². The fourth-order valence-corrected chi connectivity index (χ4v) is 2.97. The smallest absolute Gasteiger partial charge is 0.325 e. The van der Waals surface area contributed by atoms with Crippen LogP contribution in [0.4, 0.5) is 20.6 Å². The van der Waals surface area contributed by atoms with E-state index >= 15 is 0 Å². The molecule has 0 unspecified atom stereocenters. The number of urea groups is 1. The number of nitrogens with one attached hydrogen (secondary N) is 1. The minimum Gasteiger partial charge on any atom is -0.325 e. The Labute approximate surface area is 160 Å². The van der Waals surface area contributed by atoms with E-state index in [1.807, 2.05) is 0 Å². The van der Waals surface area contributed by atoms with Crippen molar-refractivity contribution >= 4 is 35.0 Å². The molecule has 1 heterocycles. The average molecular weight is 383 g/mol. The van der Waals surface area contributed by atoms with E-state index in [1.165, 1.54) is 49.1 Å². The van der Waals surface area contributed by atoms with Gasteiger partial charge >= 0.3 is 6.03 Å². The van der Waals surface area contributed by atoms with Crippen LogP contribution in [-0.4, -0.2) is 41.1 Å². The first-order chi connectivity index (χ1) is 13.3. The van der Waals surface area contributed by atoms with Crippen LogP contribution in [0.25, 0.3) is 0 Å². The molecule has 2 aromatic carbocycles. The third-order valence-corrected chi connectivity index (χ3v) is 4.41. The Kier molecular flexibility index (Phi) is 5.21. The van der Waals surface area contributed by atoms with Gasteiger partial charge in [-0.1, -0.05) is 12.1 Å². The van der Waals surface area contributed by atoms with Crippen molar-refractivity contribution in [1.82, 2.24) is 4.90 Å². The normalized spacial score (nSPS) is 16.5. The summed E-state index contributed by atoms with van der Waals surface area (Å²) in [6.07, 6.45) is 0. The van der Waals surface area contributed by atoms with Gasteiger partial charge in [-0.15, -0.1) is 0 Å². The molecule has 1 aliphatic heterocycles. The van der Waals surface area contributed by atoms with Crippen LogP contribution in [0.2, 0.25) is 0 Å². The van der Waals surface area contributed by atoms with E-state index in [9.17, 15) is 23.6 Å². The van der Waals surface area contributed by atoms with Crippen molar-refractivity contribution in [3.63, 3.8) is 0 Å². The van der Waals surface area contributed by atoms with Crippen LogP contribution < -0.4 is 10.2 Å². The van der Waals surface area contributed by atoms with Crippen molar-refractivity contribution in [3.8, 4) is 0 Å². The largest absolute Gasteiger partial charge is 0.332 e. The number of anilines is 2. The van der Waals surface area contributed by atoms with E-state index in [0.29, 0.717) is 16.9 Å². The quantitative estimate of drug-likeness (QED) is 0.635. The van der Waals surface area contributed by atoms with Gasteiger partial charge in [0.25, 0.3) is 5.91 Å². The predicted octanol–water partition coefficient (Wildman–Crippen LogP) is 2.82. The second-order valence-corrected chi connectivity index (χ2v) is 6.41. The van der Waals surface area contributed by atoms with E-state index in [1.54, 1.807) is 18.2 Å². The predicted molar refractivity (Wildman–Crippen MR) is 101 cm³/mol. The third kappa shape index (κ3) is 3.75. The summed E-state index contributed by atoms with van der Waals surface area (Å²) in [7, 11) is 0. The number of carbonyl (C=O) groups is 4. The zero-order chi connectivity index (χ0) is 20.4. The molecule has 1 atom stereocenters. The summed E-state index contributed by atoms with van der Waals surface area (Å²) in [5.41, 5.74) is 1.19. The number of benzene rings is 2. The van der Waals surface area contributed by atoms with Gasteiger partial charge < -0.3 is 5.32 Å². The van der Waals surface area contributed by atoms with Gasteiger partial charge in [0.15, 0.2) is 5.78 Å². The summed E-state index contributed by atoms with van der Waals surface area (Å²) in [6, 6.07) is 10.1. The van der Waals surface area contributed by atoms with Crippen LogP contribution in [0.5, 0.6) is 0 Å². The van der Waals surface area contributed by atoms with Gasteiger partial charge in [-0.05, 0) is 50.2 Å². The summed E-state index contributed by atoms with van der Waals surface area (Å²) in [5, 5.41) is 2.58. The molecule has 0 saturated carbocycles. The fourth-order valence-electron chi connectivity index (χ4n) is 2.97. The number of hydrogen-bond donors (Lipinski definition) is 1. The van der Waals surface area contributed by atoms with E-state index in [-0.39, 0.29) is 5.78 Å². The summed E-state index contributed by atoms with van der Waals surface area (Å²) in [5.74, 6) is -1.71. The Morgan fingerprint density at radius 1 is 1.11 bits per heavy atom. The third-order valence-electron chi connectivity index (χ3n) is 4.41. The van der Waals surface area contributed by atoms with Crippen molar-refractivity contribution in [2.75, 3.05) is 16.8 Å². The number of amides is 4. The lowest BCUT2D eigenvalue weighted by molar-refractivity contribution is -0.130. The molecule has 0 radical (unpaired) electrons. The van der Waals surface area contributed by atoms with Gasteiger partial charge in [0.2, 0.25) is 5.91 Å². The summed E-state index contributed by atoms with van der Waals surface area (Å²) in [4.78, 5) is 50.9. The minimum atomic E-state index is -0.813. The molecule has 0 aliphatic carbocycles. The second kappa shape index (κ2) is 7.59. The Morgan fingerprint density at radius 3 is 2.43 bits per heavy atom. The minimum absolute atomic E-state index is 0.148. The Hall–Kier alpha value is -3.55. The van der Waals surface area contributed by atoms with Crippen LogP contribution in [0, 0.1) is 5.82 Å². The van der Waals surface area contributed by atoms with Crippen LogP contribution >= 0.6 is 0 Å². The number of ketones is 1. The molecule has 1 N–H and O–H groups in total. The molecule has 4 amide bonds. The molecule has 7 nitrogen and oxygen atoms in total. The number of Topliss-reactive ketones (excluding diaryl/α,β-unsaturated/α-hetero) is 1. The molecule has 2 aromatic rings. The molecule has 1 saturated heterocycles. The molecular formula is C20H18FN3O4. The zero-order valence-electron chi connectivity index (χ0n) is 15.3. The molecule has 28 heavy (non-hydrogen) atoms. The van der Waals surface area contributed by atoms with Crippen LogP contribution in [-0.2, 0) is 9.59 Å². The SMILES string of the molecule is CC(=O)c1cccc(NC(=O)CN2C(=O)[C@H](C)N(c3ccc(F)cc3)C2=O)c1. The zero-order valence-corrected chi connectivity index (χ0v) is 15.3. The molecule has 3 rings (SSSR count). The lowest BCUT2D eigenvalue weighted by atomic mass is 10.1. The van der Waals surface area contributed by atoms with Crippen LogP contribution in [0.1, 0.15) is 24.2 Å². The summed E-state index contributed by atoms with van der Waals surface area (Å²) in [6.45, 7) is 2.48. The van der Waals surface area contributed by atoms with Crippen molar-refractivity contribution in [2.45, 2.75) is 19.9 Å². The number of hydrogen-bond acceptors (Lipinski definition) is 4. The van der Waals surface area contributed by atoms with Crippen molar-refractivity contribution in [1.29, 1.82) is 0 Å². The standard InChI is InChI=1S/C20H18FN3O4/c1-12-19(27)23(20(28)24(12)17-8-6-15(21)7-9-17)11-18(26)22-16-5-3-4-14(10-16)13(2)25/h3-10,12H,11H2,1-2H3,(H,22,26)/t12-/m0/s1. The van der Waals surface area contributed by atoms with Crippen molar-refractivity contribution in [2.24, 2.45) is 0 Å². The first kappa shape index (κ1) is 19.2. The first-order valence-electron chi connectivity index (χ1n) is 8.59. The molecule has 0 spiro atoms. The average Bonchev–Trinajstić information content (AvgIpc) is 2.86. The number of rotatable bonds is 5. The van der Waals surface area contributed by atoms with Crippen LogP contribution in [0.15, 0.2) is 48.5 Å². The first-order valence-corrected chi connectivity index (χ1v) is 8.59. The molecule has 1 aliphatic rings. The molecular weight excluding hydrogens is 365 g/mol. The summed E-state index contributed by atoms with van der Waals surface area (Å²) >= 11 is 0. The number of imide groups is 1. The Morgan fingerprint density at radius 2 is 1.79 bits per heavy atom. The van der Waals surface area contributed by atoms with Gasteiger partial charge in [0.1, 0.15) is 18.4 Å². The summed E-state index contributed by atoms with van der Waals surface area (Å²) < 4.78 is 13.1. The van der Waals surface area contributed by atoms with E-state index < -0.39 is 36.2 Å². The topological polar surface area (TPSA) is 86.8 Å². The van der Waals surface area contributed by atoms with Crippen LogP contribution in [0.3, 0.4) is 0 Å². The fraction of sp³-hybridized carbons (Fsp3) is 0.200. The van der Waals surface area contributed by atoms with Gasteiger partial charge in [0, 0.05) is 16.9 Å². The lowest BCUT2D eigenvalue weighted by Crippen LogP contribution is -2.39. The van der Waals surface area contributed by atoms with Gasteiger partial charge in [0.05, 0.1) is 0 Å². The molecule has 0 aromatic heterocycles. The number of halogens is 1. The highest BCUT2D eigenvalue weighted by atomic mass is 19.1. The maximum Gasteiger partial charge on any atom is 0.332 e. The maximum atomic E-state index is 13.1. The molecule has 0 bridgehead atoms. The molecule has 1 fully saturated rings. The lowest BCUT2D eigenvalue weighted by Gasteiger charge is -2.19. The van der Waals surface area contributed by atoms with Gasteiger partial charge in [-0.2, -0.15) is 0 Å². The second-order valence-electron chi connectivity index (χ2n) is 6.41. The van der Waals surface area contributed by atoms with Gasteiger partial charge in [-0.25, -0.2) is 9.18 Å². The van der Waals surface area contributed by atoms with Crippen molar-refractivity contribution in [3.05, 3.63) is 59.9 Å². The molecule has 8 heteroatoms. The van der Waals surface area contributed by atoms with Gasteiger partial charge in [-0.3, -0.25) is 24.2 Å². The highest BCUT2D eigenvalue weighted by Gasteiger charge is 2.44. The molecule has 144 valence electrons. The Bertz CT molecular complexity index is 958.